The number of benzene rings is 2. The van der Waals surface area contributed by atoms with Crippen molar-refractivity contribution in [2.75, 3.05) is 0 Å². The number of fused-ring (bicyclic) bond motifs is 1. The third kappa shape index (κ3) is 2.64. The molecule has 108 valence electrons. The number of hydrogen-bond donors (Lipinski definition) is 3. The van der Waals surface area contributed by atoms with Gasteiger partial charge in [-0.2, -0.15) is 0 Å². The van der Waals surface area contributed by atoms with E-state index in [1.807, 2.05) is 0 Å². The van der Waals surface area contributed by atoms with Gasteiger partial charge in [-0.15, -0.1) is 12.4 Å². The summed E-state index contributed by atoms with van der Waals surface area (Å²) in [5.74, 6) is -0.133. The molecular weight excluding hydrogens is 296 g/mol. The van der Waals surface area contributed by atoms with E-state index in [-0.39, 0.29) is 46.4 Å². The second-order valence-electron chi connectivity index (χ2n) is 4.36. The first-order valence-corrected chi connectivity index (χ1v) is 5.84. The maximum Gasteiger partial charge on any atom is 0.197 e. The highest BCUT2D eigenvalue weighted by Gasteiger charge is 2.11. The lowest BCUT2D eigenvalue weighted by Gasteiger charge is -2.05. The van der Waals surface area contributed by atoms with Gasteiger partial charge in [-0.25, -0.2) is 0 Å². The van der Waals surface area contributed by atoms with E-state index in [2.05, 4.69) is 0 Å². The fourth-order valence-corrected chi connectivity index (χ4v) is 2.02. The van der Waals surface area contributed by atoms with E-state index < -0.39 is 5.43 Å². The van der Waals surface area contributed by atoms with E-state index in [1.165, 1.54) is 24.3 Å². The molecule has 0 spiro atoms. The molecular formula is C15H11ClO5. The van der Waals surface area contributed by atoms with E-state index in [0.29, 0.717) is 5.56 Å². The van der Waals surface area contributed by atoms with Gasteiger partial charge in [0.25, 0.3) is 0 Å². The van der Waals surface area contributed by atoms with Crippen molar-refractivity contribution in [3.63, 3.8) is 0 Å². The molecule has 0 amide bonds. The van der Waals surface area contributed by atoms with Crippen molar-refractivity contribution >= 4 is 23.4 Å². The first-order chi connectivity index (χ1) is 9.54. The molecule has 3 aromatic rings. The molecule has 0 fully saturated rings. The van der Waals surface area contributed by atoms with Crippen LogP contribution < -0.4 is 5.43 Å². The van der Waals surface area contributed by atoms with E-state index in [9.17, 15) is 20.1 Å². The monoisotopic (exact) mass is 306 g/mol. The topological polar surface area (TPSA) is 90.9 Å². The molecule has 1 heterocycles. The normalized spacial score (nSPS) is 10.3. The van der Waals surface area contributed by atoms with Crippen molar-refractivity contribution in [3.05, 3.63) is 52.7 Å². The average molecular weight is 307 g/mol. The first-order valence-electron chi connectivity index (χ1n) is 5.84. The quantitative estimate of drug-likeness (QED) is 0.643. The highest BCUT2D eigenvalue weighted by atomic mass is 35.5. The van der Waals surface area contributed by atoms with Gasteiger partial charge >= 0.3 is 0 Å². The number of rotatable bonds is 1. The zero-order chi connectivity index (χ0) is 14.3. The fraction of sp³-hybridized carbons (Fsp3) is 0. The average Bonchev–Trinajstić information content (AvgIpc) is 2.38. The second kappa shape index (κ2) is 5.38. The molecule has 21 heavy (non-hydrogen) atoms. The maximum atomic E-state index is 12.0. The Kier molecular flexibility index (Phi) is 3.78. The molecule has 0 radical (unpaired) electrons. The second-order valence-corrected chi connectivity index (χ2v) is 4.36. The van der Waals surface area contributed by atoms with Gasteiger partial charge in [0.15, 0.2) is 5.43 Å². The van der Waals surface area contributed by atoms with Crippen molar-refractivity contribution in [2.45, 2.75) is 0 Å². The summed E-state index contributed by atoms with van der Waals surface area (Å²) in [6, 6.07) is 9.74. The van der Waals surface area contributed by atoms with Crippen LogP contribution in [0.1, 0.15) is 0 Å². The summed E-state index contributed by atoms with van der Waals surface area (Å²) in [6.07, 6.45) is 0. The fourth-order valence-electron chi connectivity index (χ4n) is 2.02. The lowest BCUT2D eigenvalue weighted by atomic mass is 10.1. The van der Waals surface area contributed by atoms with Crippen LogP contribution in [0.25, 0.3) is 22.3 Å². The van der Waals surface area contributed by atoms with Gasteiger partial charge in [0.1, 0.15) is 34.0 Å². The van der Waals surface area contributed by atoms with E-state index in [0.717, 1.165) is 6.07 Å². The largest absolute Gasteiger partial charge is 0.508 e. The molecule has 0 saturated carbocycles. The minimum absolute atomic E-state index is 0. The van der Waals surface area contributed by atoms with Gasteiger partial charge in [-0.3, -0.25) is 4.79 Å². The summed E-state index contributed by atoms with van der Waals surface area (Å²) in [5, 5.41) is 28.4. The molecule has 0 saturated heterocycles. The van der Waals surface area contributed by atoms with Crippen LogP contribution in [-0.2, 0) is 0 Å². The van der Waals surface area contributed by atoms with Crippen LogP contribution in [0, 0.1) is 0 Å². The zero-order valence-electron chi connectivity index (χ0n) is 10.6. The predicted octanol–water partition coefficient (Wildman–Crippen LogP) is 3.00. The minimum atomic E-state index is -0.410. The number of hydrogen-bond acceptors (Lipinski definition) is 5. The minimum Gasteiger partial charge on any atom is -0.508 e. The third-order valence-electron chi connectivity index (χ3n) is 2.95. The molecule has 0 aliphatic rings. The van der Waals surface area contributed by atoms with Crippen molar-refractivity contribution in [1.82, 2.24) is 0 Å². The van der Waals surface area contributed by atoms with Crippen molar-refractivity contribution in [1.29, 1.82) is 0 Å². The molecule has 6 heteroatoms. The molecule has 3 rings (SSSR count). The smallest absolute Gasteiger partial charge is 0.197 e. The summed E-state index contributed by atoms with van der Waals surface area (Å²) in [7, 11) is 0. The van der Waals surface area contributed by atoms with Crippen LogP contribution in [0.4, 0.5) is 0 Å². The van der Waals surface area contributed by atoms with Crippen LogP contribution >= 0.6 is 12.4 Å². The Labute approximate surface area is 125 Å². The predicted molar refractivity (Wildman–Crippen MR) is 80.2 cm³/mol. The van der Waals surface area contributed by atoms with Crippen LogP contribution in [0.15, 0.2) is 51.7 Å². The van der Waals surface area contributed by atoms with Crippen LogP contribution in [-0.4, -0.2) is 15.3 Å². The Morgan fingerprint density at radius 3 is 2.19 bits per heavy atom. The SMILES string of the molecule is Cl.O=c1cc(-c2ccc(O)cc2)oc2cc(O)cc(O)c12. The summed E-state index contributed by atoms with van der Waals surface area (Å²) >= 11 is 0. The number of phenolic OH excluding ortho intramolecular Hbond substituents is 3. The Balaban J connectivity index is 0.00000161. The highest BCUT2D eigenvalue weighted by Crippen LogP contribution is 2.30. The summed E-state index contributed by atoms with van der Waals surface area (Å²) in [5.41, 5.74) is 0.287. The summed E-state index contributed by atoms with van der Waals surface area (Å²) < 4.78 is 5.53. The molecule has 0 aliphatic carbocycles. The third-order valence-corrected chi connectivity index (χ3v) is 2.95. The molecule has 2 aromatic carbocycles. The maximum absolute atomic E-state index is 12.0. The molecule has 3 N–H and O–H groups in total. The zero-order valence-corrected chi connectivity index (χ0v) is 11.4. The van der Waals surface area contributed by atoms with E-state index >= 15 is 0 Å². The Hall–Kier alpha value is -2.66. The van der Waals surface area contributed by atoms with Gasteiger partial charge in [0, 0.05) is 23.8 Å². The van der Waals surface area contributed by atoms with Crippen molar-refractivity contribution in [3.8, 4) is 28.6 Å². The first kappa shape index (κ1) is 14.7. The van der Waals surface area contributed by atoms with Crippen molar-refractivity contribution < 1.29 is 19.7 Å². The number of aromatic hydroxyl groups is 3. The lowest BCUT2D eigenvalue weighted by Crippen LogP contribution is -2.00. The Bertz CT molecular complexity index is 852. The molecule has 0 bridgehead atoms. The number of phenols is 3. The van der Waals surface area contributed by atoms with Crippen LogP contribution in [0.5, 0.6) is 17.2 Å². The van der Waals surface area contributed by atoms with Gasteiger partial charge in [0.05, 0.1) is 0 Å². The molecule has 0 atom stereocenters. The Morgan fingerprint density at radius 1 is 0.857 bits per heavy atom. The van der Waals surface area contributed by atoms with E-state index in [4.69, 9.17) is 4.42 Å². The standard InChI is InChI=1S/C15H10O5.ClH/c16-9-3-1-8(2-4-9)13-7-12(19)15-11(18)5-10(17)6-14(15)20-13;/h1-7,16-18H;1H. The Morgan fingerprint density at radius 2 is 1.52 bits per heavy atom. The van der Waals surface area contributed by atoms with E-state index in [1.54, 1.807) is 12.1 Å². The van der Waals surface area contributed by atoms with Crippen molar-refractivity contribution in [2.24, 2.45) is 0 Å². The van der Waals surface area contributed by atoms with Crippen LogP contribution in [0.3, 0.4) is 0 Å². The van der Waals surface area contributed by atoms with Gasteiger partial charge in [-0.1, -0.05) is 0 Å². The molecule has 5 nitrogen and oxygen atoms in total. The summed E-state index contributed by atoms with van der Waals surface area (Å²) in [6.45, 7) is 0. The van der Waals surface area contributed by atoms with Gasteiger partial charge < -0.3 is 19.7 Å². The van der Waals surface area contributed by atoms with Gasteiger partial charge in [-0.05, 0) is 24.3 Å². The van der Waals surface area contributed by atoms with Crippen LogP contribution in [0.2, 0.25) is 0 Å². The summed E-state index contributed by atoms with van der Waals surface area (Å²) in [4.78, 5) is 12.0. The molecule has 0 unspecified atom stereocenters. The molecule has 0 aliphatic heterocycles. The number of halogens is 1. The highest BCUT2D eigenvalue weighted by molar-refractivity contribution is 5.86. The molecule has 1 aromatic heterocycles. The lowest BCUT2D eigenvalue weighted by molar-refractivity contribution is 0.452. The van der Waals surface area contributed by atoms with Gasteiger partial charge in [0.2, 0.25) is 0 Å².